The summed E-state index contributed by atoms with van der Waals surface area (Å²) in [6.45, 7) is 6.19. The fraction of sp³-hybridized carbons (Fsp3) is 0.286. The van der Waals surface area contributed by atoms with Crippen LogP contribution in [0.2, 0.25) is 0 Å². The molecule has 0 atom stereocenters. The molecule has 2 aromatic carbocycles. The van der Waals surface area contributed by atoms with Gasteiger partial charge in [-0.05, 0) is 49.7 Å². The van der Waals surface area contributed by atoms with Crippen LogP contribution in [0.15, 0.2) is 61.2 Å². The first-order chi connectivity index (χ1) is 13.3. The zero-order valence-electron chi connectivity index (χ0n) is 16.2. The van der Waals surface area contributed by atoms with Gasteiger partial charge in [0.15, 0.2) is 0 Å². The van der Waals surface area contributed by atoms with E-state index >= 15 is 0 Å². The molecule has 2 rings (SSSR count). The molecule has 0 radical (unpaired) electrons. The van der Waals surface area contributed by atoms with Gasteiger partial charge < -0.3 is 10.1 Å². The number of nitrogens with zero attached hydrogens (tertiary/aromatic N) is 1. The van der Waals surface area contributed by atoms with Gasteiger partial charge >= 0.3 is 0 Å². The van der Waals surface area contributed by atoms with E-state index < -0.39 is 10.0 Å². The maximum Gasteiger partial charge on any atom is 0.232 e. The summed E-state index contributed by atoms with van der Waals surface area (Å²) in [6.07, 6.45) is 3.45. The summed E-state index contributed by atoms with van der Waals surface area (Å²) in [5.41, 5.74) is 2.32. The second kappa shape index (κ2) is 9.94. The third-order valence-electron chi connectivity index (χ3n) is 3.99. The number of ether oxygens (including phenoxy) is 1. The Morgan fingerprint density at radius 3 is 2.36 bits per heavy atom. The first kappa shape index (κ1) is 21.5. The van der Waals surface area contributed by atoms with Crippen molar-refractivity contribution in [2.75, 3.05) is 29.0 Å². The van der Waals surface area contributed by atoms with Crippen LogP contribution in [-0.4, -0.2) is 33.7 Å². The average Bonchev–Trinajstić information content (AvgIpc) is 2.65. The number of sulfonamides is 1. The number of rotatable bonds is 10. The van der Waals surface area contributed by atoms with E-state index in [2.05, 4.69) is 11.9 Å². The highest BCUT2D eigenvalue weighted by Crippen LogP contribution is 2.19. The maximum atomic E-state index is 12.2. The van der Waals surface area contributed by atoms with Crippen molar-refractivity contribution in [1.82, 2.24) is 0 Å². The molecule has 0 heterocycles. The van der Waals surface area contributed by atoms with E-state index in [1.165, 1.54) is 10.6 Å². The van der Waals surface area contributed by atoms with E-state index in [-0.39, 0.29) is 18.9 Å². The Morgan fingerprint density at radius 2 is 1.79 bits per heavy atom. The number of aryl methyl sites for hydroxylation is 1. The largest absolute Gasteiger partial charge is 0.490 e. The zero-order valence-corrected chi connectivity index (χ0v) is 17.0. The lowest BCUT2D eigenvalue weighted by molar-refractivity contribution is -0.116. The molecule has 0 aliphatic heterocycles. The molecule has 0 saturated carbocycles. The van der Waals surface area contributed by atoms with Gasteiger partial charge in [0, 0.05) is 18.7 Å². The Labute approximate surface area is 166 Å². The summed E-state index contributed by atoms with van der Waals surface area (Å²) in [4.78, 5) is 12.2. The van der Waals surface area contributed by atoms with Crippen molar-refractivity contribution in [3.63, 3.8) is 0 Å². The lowest BCUT2D eigenvalue weighted by Crippen LogP contribution is -2.31. The summed E-state index contributed by atoms with van der Waals surface area (Å²) < 4.78 is 30.9. The second-order valence-corrected chi connectivity index (χ2v) is 8.35. The van der Waals surface area contributed by atoms with Gasteiger partial charge in [-0.1, -0.05) is 30.4 Å². The Bertz CT molecular complexity index is 891. The van der Waals surface area contributed by atoms with Gasteiger partial charge in [-0.3, -0.25) is 9.10 Å². The predicted molar refractivity (Wildman–Crippen MR) is 113 cm³/mol. The van der Waals surface area contributed by atoms with Crippen LogP contribution in [0.5, 0.6) is 5.75 Å². The molecular weight excluding hydrogens is 376 g/mol. The minimum absolute atomic E-state index is 0.169. The number of benzene rings is 2. The molecule has 6 nitrogen and oxygen atoms in total. The summed E-state index contributed by atoms with van der Waals surface area (Å²) in [7, 11) is -3.42. The van der Waals surface area contributed by atoms with E-state index in [4.69, 9.17) is 4.74 Å². The van der Waals surface area contributed by atoms with Crippen LogP contribution in [0, 0.1) is 6.92 Å². The lowest BCUT2D eigenvalue weighted by atomic mass is 10.2. The number of anilines is 2. The van der Waals surface area contributed by atoms with Crippen molar-refractivity contribution in [1.29, 1.82) is 0 Å². The van der Waals surface area contributed by atoms with Gasteiger partial charge in [-0.15, -0.1) is 0 Å². The van der Waals surface area contributed by atoms with E-state index in [1.54, 1.807) is 42.5 Å². The molecule has 0 unspecified atom stereocenters. The number of amides is 1. The monoisotopic (exact) mass is 402 g/mol. The molecule has 0 saturated heterocycles. The van der Waals surface area contributed by atoms with E-state index in [0.29, 0.717) is 30.2 Å². The van der Waals surface area contributed by atoms with Crippen LogP contribution in [0.4, 0.5) is 11.4 Å². The SMILES string of the molecule is C=CCOc1ccc(NC(=O)CCCN(c2ccc(C)cc2)S(C)(=O)=O)cc1. The molecule has 1 N–H and O–H groups in total. The van der Waals surface area contributed by atoms with Crippen LogP contribution in [0.3, 0.4) is 0 Å². The zero-order chi connectivity index (χ0) is 20.6. The highest BCUT2D eigenvalue weighted by molar-refractivity contribution is 7.92. The minimum Gasteiger partial charge on any atom is -0.490 e. The van der Waals surface area contributed by atoms with Gasteiger partial charge in [0.2, 0.25) is 15.9 Å². The molecule has 0 aliphatic carbocycles. The van der Waals surface area contributed by atoms with Crippen molar-refractivity contribution < 1.29 is 17.9 Å². The van der Waals surface area contributed by atoms with E-state index in [9.17, 15) is 13.2 Å². The maximum absolute atomic E-state index is 12.2. The highest BCUT2D eigenvalue weighted by Gasteiger charge is 2.17. The quantitative estimate of drug-likeness (QED) is 0.614. The molecule has 2 aromatic rings. The third kappa shape index (κ3) is 6.74. The van der Waals surface area contributed by atoms with Crippen LogP contribution in [0.1, 0.15) is 18.4 Å². The Morgan fingerprint density at radius 1 is 1.14 bits per heavy atom. The summed E-state index contributed by atoms with van der Waals surface area (Å²) in [5.74, 6) is 0.525. The molecule has 150 valence electrons. The Kier molecular flexibility index (Phi) is 7.63. The molecule has 1 amide bonds. The van der Waals surface area contributed by atoms with Crippen LogP contribution in [-0.2, 0) is 14.8 Å². The molecule has 0 aliphatic rings. The summed E-state index contributed by atoms with van der Waals surface area (Å²) in [5, 5.41) is 2.80. The molecule has 0 fully saturated rings. The number of nitrogens with one attached hydrogen (secondary N) is 1. The number of hydrogen-bond donors (Lipinski definition) is 1. The van der Waals surface area contributed by atoms with Crippen LogP contribution in [0.25, 0.3) is 0 Å². The van der Waals surface area contributed by atoms with Gasteiger partial charge in [-0.2, -0.15) is 0 Å². The van der Waals surface area contributed by atoms with Gasteiger partial charge in [0.25, 0.3) is 0 Å². The first-order valence-corrected chi connectivity index (χ1v) is 10.8. The van der Waals surface area contributed by atoms with Crippen LogP contribution < -0.4 is 14.4 Å². The second-order valence-electron chi connectivity index (χ2n) is 6.45. The third-order valence-corrected chi connectivity index (χ3v) is 5.19. The molecular formula is C21H26N2O4S. The van der Waals surface area contributed by atoms with Crippen molar-refractivity contribution in [3.8, 4) is 5.75 Å². The van der Waals surface area contributed by atoms with Crippen molar-refractivity contribution in [2.45, 2.75) is 19.8 Å². The smallest absolute Gasteiger partial charge is 0.232 e. The first-order valence-electron chi connectivity index (χ1n) is 8.97. The number of hydrogen-bond acceptors (Lipinski definition) is 4. The standard InChI is InChI=1S/C21H26N2O4S/c1-4-16-27-20-13-9-18(10-14-20)22-21(24)6-5-15-23(28(3,25)26)19-11-7-17(2)8-12-19/h4,7-14H,1,5-6,15-16H2,2-3H3,(H,22,24). The van der Waals surface area contributed by atoms with Crippen molar-refractivity contribution >= 4 is 27.3 Å². The van der Waals surface area contributed by atoms with E-state index in [0.717, 1.165) is 5.56 Å². The van der Waals surface area contributed by atoms with Crippen LogP contribution >= 0.6 is 0 Å². The fourth-order valence-electron chi connectivity index (χ4n) is 2.59. The lowest BCUT2D eigenvalue weighted by Gasteiger charge is -2.22. The molecule has 0 spiro atoms. The summed E-state index contributed by atoms with van der Waals surface area (Å²) >= 11 is 0. The Balaban J connectivity index is 1.88. The Hall–Kier alpha value is -2.80. The van der Waals surface area contributed by atoms with Crippen molar-refractivity contribution in [2.24, 2.45) is 0 Å². The molecule has 0 aromatic heterocycles. The normalized spacial score (nSPS) is 10.9. The highest BCUT2D eigenvalue weighted by atomic mass is 32.2. The number of carbonyl (C=O) groups excluding carboxylic acids is 1. The fourth-order valence-corrected chi connectivity index (χ4v) is 3.56. The topological polar surface area (TPSA) is 75.7 Å². The van der Waals surface area contributed by atoms with Crippen molar-refractivity contribution in [3.05, 3.63) is 66.7 Å². The summed E-state index contributed by atoms with van der Waals surface area (Å²) in [6, 6.07) is 14.3. The molecule has 7 heteroatoms. The van der Waals surface area contributed by atoms with Gasteiger partial charge in [0.05, 0.1) is 11.9 Å². The molecule has 28 heavy (non-hydrogen) atoms. The minimum atomic E-state index is -3.42. The van der Waals surface area contributed by atoms with Gasteiger partial charge in [-0.25, -0.2) is 8.42 Å². The average molecular weight is 403 g/mol. The van der Waals surface area contributed by atoms with E-state index in [1.807, 2.05) is 19.1 Å². The van der Waals surface area contributed by atoms with Gasteiger partial charge in [0.1, 0.15) is 12.4 Å². The number of carbonyl (C=O) groups is 1. The predicted octanol–water partition coefficient (Wildman–Crippen LogP) is 3.74. The molecule has 0 bridgehead atoms.